The van der Waals surface area contributed by atoms with E-state index in [1.54, 1.807) is 11.3 Å². The molecule has 0 nitrogen and oxygen atoms in total. The van der Waals surface area contributed by atoms with Crippen molar-refractivity contribution in [3.05, 3.63) is 41.3 Å². The van der Waals surface area contributed by atoms with E-state index in [-0.39, 0.29) is 0 Å². The lowest BCUT2D eigenvalue weighted by Gasteiger charge is -2.01. The largest absolute Gasteiger partial charge is 0.144 e. The average molecular weight is 281 g/mol. The number of fused-ring (bicyclic) bond motifs is 1. The van der Waals surface area contributed by atoms with Crippen LogP contribution >= 0.6 is 27.3 Å². The molecule has 0 atom stereocenters. The van der Waals surface area contributed by atoms with Crippen molar-refractivity contribution in [2.75, 3.05) is 5.33 Å². The van der Waals surface area contributed by atoms with Gasteiger partial charge in [-0.25, -0.2) is 0 Å². The van der Waals surface area contributed by atoms with E-state index < -0.39 is 0 Å². The van der Waals surface area contributed by atoms with Crippen molar-refractivity contribution in [2.24, 2.45) is 0 Å². The lowest BCUT2D eigenvalue weighted by molar-refractivity contribution is 1.26. The fraction of sp³-hybridized carbons (Fsp3) is 0.231. The molecule has 0 aliphatic heterocycles. The lowest BCUT2D eigenvalue weighted by Crippen LogP contribution is -1.79. The van der Waals surface area contributed by atoms with Crippen LogP contribution in [-0.4, -0.2) is 5.33 Å². The Morgan fingerprint density at radius 1 is 1.40 bits per heavy atom. The van der Waals surface area contributed by atoms with Crippen LogP contribution in [-0.2, 0) is 0 Å². The molecule has 0 fully saturated rings. The first-order chi connectivity index (χ1) is 7.31. The molecule has 0 saturated carbocycles. The van der Waals surface area contributed by atoms with Crippen LogP contribution < -0.4 is 0 Å². The monoisotopic (exact) mass is 280 g/mol. The van der Waals surface area contributed by atoms with Gasteiger partial charge < -0.3 is 0 Å². The molecule has 0 N–H and O–H groups in total. The lowest BCUT2D eigenvalue weighted by atomic mass is 10.1. The van der Waals surface area contributed by atoms with Gasteiger partial charge >= 0.3 is 0 Å². The summed E-state index contributed by atoms with van der Waals surface area (Å²) >= 11 is 5.24. The molecule has 1 aromatic carbocycles. The Kier molecular flexibility index (Phi) is 3.60. The summed E-state index contributed by atoms with van der Waals surface area (Å²) < 4.78 is 1.37. The van der Waals surface area contributed by atoms with Gasteiger partial charge in [0.25, 0.3) is 0 Å². The van der Waals surface area contributed by atoms with Crippen LogP contribution in [0.4, 0.5) is 0 Å². The number of benzene rings is 1. The second-order valence-electron chi connectivity index (χ2n) is 3.54. The van der Waals surface area contributed by atoms with E-state index in [1.165, 1.54) is 21.2 Å². The quantitative estimate of drug-likeness (QED) is 0.687. The topological polar surface area (TPSA) is 0 Å². The van der Waals surface area contributed by atoms with Gasteiger partial charge in [0.15, 0.2) is 0 Å². The first kappa shape index (κ1) is 10.9. The SMILES string of the molecule is C/C(=C/CCBr)c1ccc2sccc2c1. The molecule has 0 unspecified atom stereocenters. The minimum Gasteiger partial charge on any atom is -0.144 e. The van der Waals surface area contributed by atoms with E-state index in [0.717, 1.165) is 11.8 Å². The highest BCUT2D eigenvalue weighted by atomic mass is 79.9. The van der Waals surface area contributed by atoms with Crippen molar-refractivity contribution in [1.82, 2.24) is 0 Å². The Bertz CT molecular complexity index is 482. The third-order valence-corrected chi connectivity index (χ3v) is 3.82. The van der Waals surface area contributed by atoms with Crippen LogP contribution in [0.1, 0.15) is 18.9 Å². The zero-order chi connectivity index (χ0) is 10.7. The Morgan fingerprint density at radius 3 is 3.07 bits per heavy atom. The van der Waals surface area contributed by atoms with Crippen LogP contribution in [0.25, 0.3) is 15.7 Å². The Labute approximate surface area is 103 Å². The molecule has 0 spiro atoms. The summed E-state index contributed by atoms with van der Waals surface area (Å²) in [5, 5.41) is 4.53. The molecule has 0 radical (unpaired) electrons. The van der Waals surface area contributed by atoms with Crippen molar-refractivity contribution >= 4 is 42.9 Å². The molecule has 1 heterocycles. The summed E-state index contributed by atoms with van der Waals surface area (Å²) in [4.78, 5) is 0. The molecular weight excluding hydrogens is 268 g/mol. The summed E-state index contributed by atoms with van der Waals surface area (Å²) in [7, 11) is 0. The maximum atomic E-state index is 3.44. The average Bonchev–Trinajstić information content (AvgIpc) is 2.72. The summed E-state index contributed by atoms with van der Waals surface area (Å²) in [6.45, 7) is 2.18. The van der Waals surface area contributed by atoms with Crippen molar-refractivity contribution in [3.63, 3.8) is 0 Å². The Hall–Kier alpha value is -0.600. The summed E-state index contributed by atoms with van der Waals surface area (Å²) in [6, 6.07) is 8.87. The molecule has 0 amide bonds. The van der Waals surface area contributed by atoms with E-state index in [2.05, 4.69) is 58.6 Å². The number of rotatable bonds is 3. The van der Waals surface area contributed by atoms with Crippen LogP contribution in [0.3, 0.4) is 0 Å². The maximum absolute atomic E-state index is 3.44. The smallest absolute Gasteiger partial charge is 0.0343 e. The van der Waals surface area contributed by atoms with E-state index in [4.69, 9.17) is 0 Å². The molecule has 78 valence electrons. The predicted octanol–water partition coefficient (Wildman–Crippen LogP) is 5.09. The Morgan fingerprint density at radius 2 is 2.27 bits per heavy atom. The molecule has 0 bridgehead atoms. The van der Waals surface area contributed by atoms with Gasteiger partial charge in [0.2, 0.25) is 0 Å². The number of hydrogen-bond acceptors (Lipinski definition) is 1. The highest BCUT2D eigenvalue weighted by Crippen LogP contribution is 2.25. The van der Waals surface area contributed by atoms with Gasteiger partial charge in [0.05, 0.1) is 0 Å². The van der Waals surface area contributed by atoms with Crippen molar-refractivity contribution in [2.45, 2.75) is 13.3 Å². The van der Waals surface area contributed by atoms with Crippen molar-refractivity contribution in [1.29, 1.82) is 0 Å². The summed E-state index contributed by atoms with van der Waals surface area (Å²) in [6.07, 6.45) is 3.37. The van der Waals surface area contributed by atoms with Gasteiger partial charge in [-0.3, -0.25) is 0 Å². The number of allylic oxidation sites excluding steroid dienone is 2. The van der Waals surface area contributed by atoms with Crippen LogP contribution in [0.2, 0.25) is 0 Å². The van der Waals surface area contributed by atoms with Crippen molar-refractivity contribution in [3.8, 4) is 0 Å². The van der Waals surface area contributed by atoms with Crippen LogP contribution in [0.15, 0.2) is 35.7 Å². The molecule has 2 rings (SSSR count). The van der Waals surface area contributed by atoms with Crippen molar-refractivity contribution < 1.29 is 0 Å². The second kappa shape index (κ2) is 4.95. The molecule has 2 heteroatoms. The van der Waals surface area contributed by atoms with Gasteiger partial charge in [-0.1, -0.05) is 28.1 Å². The first-order valence-corrected chi connectivity index (χ1v) is 7.02. The Balaban J connectivity index is 2.35. The van der Waals surface area contributed by atoms with E-state index in [0.29, 0.717) is 0 Å². The summed E-state index contributed by atoms with van der Waals surface area (Å²) in [5.41, 5.74) is 2.70. The minimum atomic E-state index is 1.03. The zero-order valence-electron chi connectivity index (χ0n) is 8.66. The molecule has 15 heavy (non-hydrogen) atoms. The van der Waals surface area contributed by atoms with E-state index in [1.807, 2.05) is 0 Å². The fourth-order valence-electron chi connectivity index (χ4n) is 1.60. The highest BCUT2D eigenvalue weighted by molar-refractivity contribution is 9.09. The second-order valence-corrected chi connectivity index (χ2v) is 5.28. The molecule has 1 aromatic heterocycles. The molecular formula is C13H13BrS. The number of hydrogen-bond donors (Lipinski definition) is 0. The zero-order valence-corrected chi connectivity index (χ0v) is 11.1. The number of alkyl halides is 1. The van der Waals surface area contributed by atoms with E-state index in [9.17, 15) is 0 Å². The van der Waals surface area contributed by atoms with Gasteiger partial charge in [-0.15, -0.1) is 11.3 Å². The standard InChI is InChI=1S/C13H13BrS/c1-10(3-2-7-14)11-4-5-13-12(9-11)6-8-15-13/h3-6,8-9H,2,7H2,1H3/b10-3-. The van der Waals surface area contributed by atoms with Gasteiger partial charge in [0, 0.05) is 10.0 Å². The third kappa shape index (κ3) is 2.50. The minimum absolute atomic E-state index is 1.03. The third-order valence-electron chi connectivity index (χ3n) is 2.47. The van der Waals surface area contributed by atoms with Crippen LogP contribution in [0.5, 0.6) is 0 Å². The van der Waals surface area contributed by atoms with Crippen LogP contribution in [0, 0.1) is 0 Å². The van der Waals surface area contributed by atoms with Gasteiger partial charge in [0.1, 0.15) is 0 Å². The highest BCUT2D eigenvalue weighted by Gasteiger charge is 1.98. The first-order valence-electron chi connectivity index (χ1n) is 5.01. The molecule has 0 aliphatic carbocycles. The van der Waals surface area contributed by atoms with E-state index >= 15 is 0 Å². The van der Waals surface area contributed by atoms with Gasteiger partial charge in [-0.2, -0.15) is 0 Å². The molecule has 0 aliphatic rings. The van der Waals surface area contributed by atoms with Gasteiger partial charge in [-0.05, 0) is 53.4 Å². The molecule has 2 aromatic rings. The predicted molar refractivity (Wildman–Crippen MR) is 73.9 cm³/mol. The fourth-order valence-corrected chi connectivity index (χ4v) is 2.60. The molecule has 0 saturated heterocycles. The number of thiophene rings is 1. The number of halogens is 1. The normalized spacial score (nSPS) is 12.3. The summed E-state index contributed by atoms with van der Waals surface area (Å²) in [5.74, 6) is 0. The maximum Gasteiger partial charge on any atom is 0.0343 e.